The molecule has 1 fully saturated rings. The number of carboxylic acid groups (broad SMARTS) is 7. The number of aliphatic carboxylic acids is 7. The van der Waals surface area contributed by atoms with E-state index < -0.39 is 109 Å². The Kier molecular flexibility index (Phi) is 29.6. The summed E-state index contributed by atoms with van der Waals surface area (Å²) >= 11 is 2.13. The molecule has 5 amide bonds. The molecule has 1 heterocycles. The van der Waals surface area contributed by atoms with Crippen LogP contribution in [0.4, 0.5) is 18.0 Å². The van der Waals surface area contributed by atoms with E-state index in [-0.39, 0.29) is 117 Å². The summed E-state index contributed by atoms with van der Waals surface area (Å²) in [7, 11) is 0. The second kappa shape index (κ2) is 35.3. The van der Waals surface area contributed by atoms with Gasteiger partial charge in [-0.2, -0.15) is 13.2 Å². The first kappa shape index (κ1) is 69.5. The summed E-state index contributed by atoms with van der Waals surface area (Å²) in [4.78, 5) is 140. The molecule has 0 radical (unpaired) electrons. The van der Waals surface area contributed by atoms with Gasteiger partial charge in [-0.25, -0.2) is 19.2 Å². The number of fused-ring (bicyclic) bond motifs is 1. The number of nitrogens with zero attached hydrogens (tertiary/aromatic N) is 4. The van der Waals surface area contributed by atoms with Gasteiger partial charge in [0, 0.05) is 81.7 Å². The van der Waals surface area contributed by atoms with Gasteiger partial charge in [0.1, 0.15) is 24.2 Å². The van der Waals surface area contributed by atoms with Gasteiger partial charge in [-0.1, -0.05) is 54.6 Å². The quantitative estimate of drug-likeness (QED) is 0.0351. The SMILES string of the molecule is O=C(O)C(F)(F)F.O=C(O)CC[C@H](NC(=O)N[C@@H](CCCCNC(=O)[C@H](Cc1ccc2ccccc2c1)NC(=O)[C@H](Cc1ccc(I)cc1)NC(=O)CN1CCN(CC(=O)O)CCN(CC(=O)O)CCN(CC(=O)O)CC1)C(=O)O)C(=O)O. The first-order valence-corrected chi connectivity index (χ1v) is 26.8. The fraction of sp³-hybridized carbons (Fsp3) is 0.481. The van der Waals surface area contributed by atoms with Gasteiger partial charge in [0.25, 0.3) is 0 Å². The molecule has 12 N–H and O–H groups in total. The van der Waals surface area contributed by atoms with E-state index in [0.717, 1.165) is 14.3 Å². The maximum atomic E-state index is 14.5. The lowest BCUT2D eigenvalue weighted by Gasteiger charge is -2.33. The highest BCUT2D eigenvalue weighted by Gasteiger charge is 2.38. The van der Waals surface area contributed by atoms with Gasteiger partial charge in [-0.3, -0.25) is 53.2 Å². The van der Waals surface area contributed by atoms with Gasteiger partial charge < -0.3 is 62.3 Å². The smallest absolute Gasteiger partial charge is 0.481 e. The molecule has 4 atom stereocenters. The number of halogens is 4. The summed E-state index contributed by atoms with van der Waals surface area (Å²) in [5.41, 5.74) is 1.37. The van der Waals surface area contributed by atoms with Crippen molar-refractivity contribution >= 4 is 98.9 Å². The number of hydrogen-bond acceptors (Lipinski definition) is 15. The molecule has 0 spiro atoms. The Morgan fingerprint density at radius 1 is 0.494 bits per heavy atom. The van der Waals surface area contributed by atoms with Crippen LogP contribution in [0.15, 0.2) is 66.7 Å². The standard InChI is InChI=1S/C50H66IN9O16.C2HF3O2/c51-36-12-9-32(10-13-36)26-40(53-41(61)28-57-17-19-58(29-43(64)65)21-23-60(31-45(68)69)24-22-59(20-18-57)30-44(66)67)47(71)54-39(27-33-8-11-34-5-1-2-6-35(34)25-33)46(70)52-16-4-3-7-37(48(72)73)55-50(76)56-38(49(74)75)14-15-42(62)63;3-2(4,5)1(6)7/h1-2,5-6,8-13,25,37-40H,3-4,7,14-24,26-31H2,(H,52,70)(H,53,61)(H,54,71)(H,62,63)(H,64,65)(H,66,67)(H,68,69)(H,72,73)(H,74,75)(H2,55,56,76);(H,6,7)/t37-,38-,39-,40-;/m0./s1. The third-order valence-electron chi connectivity index (χ3n) is 12.6. The van der Waals surface area contributed by atoms with E-state index >= 15 is 0 Å². The number of unbranched alkanes of at least 4 members (excludes halogenated alkanes) is 1. The van der Waals surface area contributed by atoms with E-state index in [9.17, 15) is 86.6 Å². The highest BCUT2D eigenvalue weighted by Crippen LogP contribution is 2.18. The van der Waals surface area contributed by atoms with Crippen LogP contribution in [0.3, 0.4) is 0 Å². The van der Waals surface area contributed by atoms with Crippen LogP contribution < -0.4 is 26.6 Å². The Morgan fingerprint density at radius 2 is 0.928 bits per heavy atom. The molecule has 83 heavy (non-hydrogen) atoms. The third-order valence-corrected chi connectivity index (χ3v) is 13.3. The van der Waals surface area contributed by atoms with Crippen molar-refractivity contribution in [3.05, 3.63) is 81.4 Å². The largest absolute Gasteiger partial charge is 0.490 e. The molecule has 1 aliphatic rings. The van der Waals surface area contributed by atoms with Gasteiger partial charge in [-0.05, 0) is 82.3 Å². The first-order chi connectivity index (χ1) is 39.1. The van der Waals surface area contributed by atoms with E-state index in [2.05, 4.69) is 49.2 Å². The number of carbonyl (C=O) groups excluding carboxylic acids is 4. The summed E-state index contributed by atoms with van der Waals surface area (Å²) in [5.74, 6) is -12.2. The topological polar surface area (TPSA) is 402 Å². The average molecular weight is 1290 g/mol. The minimum atomic E-state index is -5.08. The molecule has 1 aliphatic heterocycles. The maximum Gasteiger partial charge on any atom is 0.490 e. The molecule has 3 aromatic carbocycles. The summed E-state index contributed by atoms with van der Waals surface area (Å²) in [6, 6.07) is 13.8. The summed E-state index contributed by atoms with van der Waals surface area (Å²) < 4.78 is 32.6. The minimum absolute atomic E-state index is 0.000525. The van der Waals surface area contributed by atoms with Crippen molar-refractivity contribution in [1.82, 2.24) is 46.2 Å². The predicted molar refractivity (Wildman–Crippen MR) is 295 cm³/mol. The van der Waals surface area contributed by atoms with Crippen LogP contribution in [0, 0.1) is 3.57 Å². The van der Waals surface area contributed by atoms with Crippen molar-refractivity contribution in [3.63, 3.8) is 0 Å². The maximum absolute atomic E-state index is 14.5. The lowest BCUT2D eigenvalue weighted by molar-refractivity contribution is -0.192. The van der Waals surface area contributed by atoms with Crippen molar-refractivity contribution in [1.29, 1.82) is 0 Å². The van der Waals surface area contributed by atoms with Gasteiger partial charge in [0.2, 0.25) is 17.7 Å². The third kappa shape index (κ3) is 28.2. The van der Waals surface area contributed by atoms with Crippen molar-refractivity contribution in [2.75, 3.05) is 85.1 Å². The second-order valence-corrected chi connectivity index (χ2v) is 20.4. The van der Waals surface area contributed by atoms with Crippen LogP contribution in [0.25, 0.3) is 10.8 Å². The number of amides is 5. The lowest BCUT2D eigenvalue weighted by atomic mass is 10.00. The molecular weight excluding hydrogens is 1220 g/mol. The van der Waals surface area contributed by atoms with Crippen LogP contribution >= 0.6 is 22.6 Å². The average Bonchev–Trinajstić information content (AvgIpc) is 3.42. The Hall–Kier alpha value is -7.75. The first-order valence-electron chi connectivity index (χ1n) is 25.8. The molecule has 456 valence electrons. The number of benzene rings is 3. The van der Waals surface area contributed by atoms with Gasteiger partial charge in [0.05, 0.1) is 26.2 Å². The highest BCUT2D eigenvalue weighted by atomic mass is 127. The minimum Gasteiger partial charge on any atom is -0.481 e. The number of hydrogen-bond donors (Lipinski definition) is 12. The molecule has 0 aliphatic carbocycles. The van der Waals surface area contributed by atoms with Gasteiger partial charge in [0.15, 0.2) is 0 Å². The normalized spacial score (nSPS) is 15.4. The molecule has 0 unspecified atom stereocenters. The number of carbonyl (C=O) groups is 11. The van der Waals surface area contributed by atoms with Crippen LogP contribution in [0.5, 0.6) is 0 Å². The fourth-order valence-electron chi connectivity index (χ4n) is 8.33. The van der Waals surface area contributed by atoms with Crippen LogP contribution in [-0.4, -0.2) is 236 Å². The van der Waals surface area contributed by atoms with Crippen molar-refractivity contribution in [3.8, 4) is 0 Å². The summed E-state index contributed by atoms with van der Waals surface area (Å²) in [6.45, 7) is -0.0332. The van der Waals surface area contributed by atoms with Crippen LogP contribution in [-0.2, 0) is 60.8 Å². The molecule has 0 saturated carbocycles. The van der Waals surface area contributed by atoms with Crippen LogP contribution in [0.2, 0.25) is 0 Å². The number of nitrogens with one attached hydrogen (secondary N) is 5. The molecule has 31 heteroatoms. The predicted octanol–water partition coefficient (Wildman–Crippen LogP) is 0.665. The summed E-state index contributed by atoms with van der Waals surface area (Å²) in [5, 5.41) is 78.5. The zero-order chi connectivity index (χ0) is 61.8. The number of alkyl halides is 3. The highest BCUT2D eigenvalue weighted by molar-refractivity contribution is 14.1. The Morgan fingerprint density at radius 3 is 1.39 bits per heavy atom. The van der Waals surface area contributed by atoms with E-state index in [4.69, 9.17) is 15.0 Å². The molecule has 4 rings (SSSR count). The lowest BCUT2D eigenvalue weighted by Crippen LogP contribution is -2.56. The Bertz CT molecular complexity index is 2690. The fourth-order valence-corrected chi connectivity index (χ4v) is 8.69. The Balaban J connectivity index is 0.00000241. The molecule has 27 nitrogen and oxygen atoms in total. The van der Waals surface area contributed by atoms with Gasteiger partial charge >= 0.3 is 54.0 Å². The number of urea groups is 1. The second-order valence-electron chi connectivity index (χ2n) is 19.1. The van der Waals surface area contributed by atoms with E-state index in [0.29, 0.717) is 11.1 Å². The molecule has 0 aromatic heterocycles. The van der Waals surface area contributed by atoms with E-state index in [1.807, 2.05) is 54.6 Å². The molecule has 0 bridgehead atoms. The molecule has 1 saturated heterocycles. The zero-order valence-electron chi connectivity index (χ0n) is 44.7. The van der Waals surface area contributed by atoms with E-state index in [1.165, 1.54) is 0 Å². The van der Waals surface area contributed by atoms with E-state index in [1.54, 1.807) is 31.7 Å². The number of rotatable bonds is 28. The van der Waals surface area contributed by atoms with Gasteiger partial charge in [-0.15, -0.1) is 0 Å². The monoisotopic (exact) mass is 1290 g/mol. The molecule has 3 aromatic rings. The van der Waals surface area contributed by atoms with Crippen molar-refractivity contribution in [2.45, 2.75) is 75.3 Å². The van der Waals surface area contributed by atoms with Crippen molar-refractivity contribution < 1.29 is 102 Å². The Labute approximate surface area is 486 Å². The molecular formula is C52H67F3IN9O18. The summed E-state index contributed by atoms with van der Waals surface area (Å²) in [6.07, 6.45) is -5.83. The van der Waals surface area contributed by atoms with Crippen molar-refractivity contribution in [2.24, 2.45) is 0 Å². The number of carboxylic acids is 7. The van der Waals surface area contributed by atoms with Crippen LogP contribution in [0.1, 0.15) is 43.2 Å². The zero-order valence-corrected chi connectivity index (χ0v) is 46.9.